The first-order valence-corrected chi connectivity index (χ1v) is 8.18. The second-order valence-corrected chi connectivity index (χ2v) is 6.23. The van der Waals surface area contributed by atoms with Gasteiger partial charge < -0.3 is 10.7 Å². The zero-order chi connectivity index (χ0) is 16.4. The molecule has 1 aromatic heterocycles. The van der Waals surface area contributed by atoms with Crippen LogP contribution in [0.4, 0.5) is 4.39 Å². The lowest BCUT2D eigenvalue weighted by Gasteiger charge is -2.09. The molecule has 120 valence electrons. The first kappa shape index (κ1) is 15.8. The smallest absolute Gasteiger partial charge is 0.123 e. The molecule has 0 amide bonds. The van der Waals surface area contributed by atoms with Gasteiger partial charge in [0.15, 0.2) is 0 Å². The van der Waals surface area contributed by atoms with Gasteiger partial charge in [-0.2, -0.15) is 0 Å². The molecule has 0 fully saturated rings. The molecule has 0 aliphatic rings. The van der Waals surface area contributed by atoms with E-state index in [-0.39, 0.29) is 5.82 Å². The minimum absolute atomic E-state index is 0.191. The third kappa shape index (κ3) is 3.15. The molecule has 0 aliphatic carbocycles. The number of rotatable bonds is 5. The van der Waals surface area contributed by atoms with Crippen molar-refractivity contribution in [1.82, 2.24) is 4.98 Å². The van der Waals surface area contributed by atoms with Gasteiger partial charge in [0.05, 0.1) is 0 Å². The molecule has 2 nitrogen and oxygen atoms in total. The molecule has 3 aromatic rings. The first-order valence-electron chi connectivity index (χ1n) is 8.18. The lowest BCUT2D eigenvalue weighted by Crippen LogP contribution is -1.99. The Balaban J connectivity index is 2.16. The summed E-state index contributed by atoms with van der Waals surface area (Å²) >= 11 is 0. The lowest BCUT2D eigenvalue weighted by molar-refractivity contribution is 0.629. The molecule has 0 saturated heterocycles. The van der Waals surface area contributed by atoms with Crippen LogP contribution in [0.15, 0.2) is 36.4 Å². The number of aryl methyl sites for hydroxylation is 3. The largest absolute Gasteiger partial charge is 0.354 e. The summed E-state index contributed by atoms with van der Waals surface area (Å²) in [6.45, 7) is 4.91. The number of hydrogen-bond acceptors (Lipinski definition) is 1. The van der Waals surface area contributed by atoms with Gasteiger partial charge >= 0.3 is 0 Å². The van der Waals surface area contributed by atoms with E-state index >= 15 is 0 Å². The topological polar surface area (TPSA) is 41.8 Å². The fraction of sp³-hybridized carbons (Fsp3) is 0.300. The second-order valence-electron chi connectivity index (χ2n) is 6.23. The van der Waals surface area contributed by atoms with Crippen molar-refractivity contribution in [3.05, 3.63) is 58.9 Å². The van der Waals surface area contributed by atoms with Gasteiger partial charge in [-0.3, -0.25) is 0 Å². The second kappa shape index (κ2) is 6.55. The molecular formula is C20H23FN2. The number of benzene rings is 2. The van der Waals surface area contributed by atoms with E-state index in [2.05, 4.69) is 37.0 Å². The molecule has 23 heavy (non-hydrogen) atoms. The van der Waals surface area contributed by atoms with Crippen LogP contribution in [0.1, 0.15) is 29.5 Å². The van der Waals surface area contributed by atoms with Gasteiger partial charge in [0, 0.05) is 22.2 Å². The number of aromatic nitrogens is 1. The third-order valence-electron chi connectivity index (χ3n) is 4.40. The number of H-pyrrole nitrogens is 1. The van der Waals surface area contributed by atoms with Crippen LogP contribution in [-0.2, 0) is 6.42 Å². The Hall–Kier alpha value is -2.13. The van der Waals surface area contributed by atoms with E-state index in [1.54, 1.807) is 6.07 Å². The van der Waals surface area contributed by atoms with Crippen molar-refractivity contribution in [2.75, 3.05) is 6.54 Å². The Morgan fingerprint density at radius 3 is 2.61 bits per heavy atom. The standard InChI is InChI=1S/C20H23FN2/c1-13-6-8-16(14(2)11-13)20-17(5-3-4-10-22)18-12-15(21)7-9-19(18)23-20/h6-9,11-12,23H,3-5,10,22H2,1-2H3. The van der Waals surface area contributed by atoms with Crippen molar-refractivity contribution in [3.63, 3.8) is 0 Å². The maximum Gasteiger partial charge on any atom is 0.123 e. The number of nitrogens with two attached hydrogens (primary N) is 1. The number of hydrogen-bond donors (Lipinski definition) is 2. The number of halogens is 1. The van der Waals surface area contributed by atoms with Crippen molar-refractivity contribution < 1.29 is 4.39 Å². The summed E-state index contributed by atoms with van der Waals surface area (Å²) in [5.74, 6) is -0.191. The van der Waals surface area contributed by atoms with E-state index in [0.717, 1.165) is 35.9 Å². The highest BCUT2D eigenvalue weighted by Crippen LogP contribution is 2.34. The Labute approximate surface area is 136 Å². The zero-order valence-electron chi connectivity index (χ0n) is 13.7. The van der Waals surface area contributed by atoms with Crippen LogP contribution in [0.2, 0.25) is 0 Å². The molecule has 0 bridgehead atoms. The fourth-order valence-corrected chi connectivity index (χ4v) is 3.25. The molecule has 0 unspecified atom stereocenters. The Morgan fingerprint density at radius 2 is 1.87 bits per heavy atom. The fourth-order valence-electron chi connectivity index (χ4n) is 3.25. The summed E-state index contributed by atoms with van der Waals surface area (Å²) in [5.41, 5.74) is 12.6. The third-order valence-corrected chi connectivity index (χ3v) is 4.40. The maximum atomic E-state index is 13.7. The van der Waals surface area contributed by atoms with Crippen LogP contribution in [-0.4, -0.2) is 11.5 Å². The van der Waals surface area contributed by atoms with Crippen LogP contribution in [0.3, 0.4) is 0 Å². The van der Waals surface area contributed by atoms with E-state index in [1.807, 2.05) is 6.07 Å². The number of fused-ring (bicyclic) bond motifs is 1. The summed E-state index contributed by atoms with van der Waals surface area (Å²) in [4.78, 5) is 3.50. The Kier molecular flexibility index (Phi) is 4.49. The minimum atomic E-state index is -0.191. The van der Waals surface area contributed by atoms with Gasteiger partial charge in [0.2, 0.25) is 0 Å². The molecule has 2 aromatic carbocycles. The highest BCUT2D eigenvalue weighted by molar-refractivity contribution is 5.91. The van der Waals surface area contributed by atoms with Gasteiger partial charge in [-0.05, 0) is 69.0 Å². The number of unbranched alkanes of at least 4 members (excludes halogenated alkanes) is 1. The molecule has 3 rings (SSSR count). The molecule has 3 heteroatoms. The van der Waals surface area contributed by atoms with Gasteiger partial charge in [-0.1, -0.05) is 23.8 Å². The molecule has 0 aliphatic heterocycles. The Morgan fingerprint density at radius 1 is 1.04 bits per heavy atom. The van der Waals surface area contributed by atoms with Gasteiger partial charge in [-0.25, -0.2) is 4.39 Å². The summed E-state index contributed by atoms with van der Waals surface area (Å²) in [5, 5.41) is 0.983. The molecule has 0 radical (unpaired) electrons. The van der Waals surface area contributed by atoms with E-state index in [9.17, 15) is 4.39 Å². The summed E-state index contributed by atoms with van der Waals surface area (Å²) in [6.07, 6.45) is 2.90. The molecule has 1 heterocycles. The zero-order valence-corrected chi connectivity index (χ0v) is 13.7. The lowest BCUT2D eigenvalue weighted by atomic mass is 9.96. The van der Waals surface area contributed by atoms with E-state index in [0.29, 0.717) is 6.54 Å². The van der Waals surface area contributed by atoms with Crippen molar-refractivity contribution in [3.8, 4) is 11.3 Å². The highest BCUT2D eigenvalue weighted by atomic mass is 19.1. The normalized spacial score (nSPS) is 11.3. The molecule has 0 atom stereocenters. The first-order chi connectivity index (χ1) is 11.1. The van der Waals surface area contributed by atoms with E-state index in [4.69, 9.17) is 5.73 Å². The predicted octanol–water partition coefficient (Wildman–Crippen LogP) is 4.87. The highest BCUT2D eigenvalue weighted by Gasteiger charge is 2.15. The molecular weight excluding hydrogens is 287 g/mol. The predicted molar refractivity (Wildman–Crippen MR) is 95.2 cm³/mol. The summed E-state index contributed by atoms with van der Waals surface area (Å²) < 4.78 is 13.7. The van der Waals surface area contributed by atoms with Crippen molar-refractivity contribution in [2.24, 2.45) is 5.73 Å². The van der Waals surface area contributed by atoms with Crippen LogP contribution >= 0.6 is 0 Å². The SMILES string of the molecule is Cc1ccc(-c2[nH]c3ccc(F)cc3c2CCCCN)c(C)c1. The average molecular weight is 310 g/mol. The van der Waals surface area contributed by atoms with Crippen LogP contribution in [0.5, 0.6) is 0 Å². The van der Waals surface area contributed by atoms with Crippen LogP contribution < -0.4 is 5.73 Å². The van der Waals surface area contributed by atoms with Crippen LogP contribution in [0, 0.1) is 19.7 Å². The van der Waals surface area contributed by atoms with Gasteiger partial charge in [-0.15, -0.1) is 0 Å². The van der Waals surface area contributed by atoms with Crippen LogP contribution in [0.25, 0.3) is 22.2 Å². The molecule has 0 spiro atoms. The van der Waals surface area contributed by atoms with Crippen molar-refractivity contribution >= 4 is 10.9 Å². The Bertz CT molecular complexity index is 833. The average Bonchev–Trinajstić information content (AvgIpc) is 2.85. The summed E-state index contributed by atoms with van der Waals surface area (Å²) in [7, 11) is 0. The quantitative estimate of drug-likeness (QED) is 0.648. The van der Waals surface area contributed by atoms with Crippen molar-refractivity contribution in [1.29, 1.82) is 0 Å². The minimum Gasteiger partial charge on any atom is -0.354 e. The van der Waals surface area contributed by atoms with E-state index < -0.39 is 0 Å². The number of nitrogens with one attached hydrogen (secondary N) is 1. The monoisotopic (exact) mass is 310 g/mol. The van der Waals surface area contributed by atoms with Gasteiger partial charge in [0.25, 0.3) is 0 Å². The summed E-state index contributed by atoms with van der Waals surface area (Å²) in [6, 6.07) is 11.4. The van der Waals surface area contributed by atoms with Gasteiger partial charge in [0.1, 0.15) is 5.82 Å². The maximum absolute atomic E-state index is 13.7. The number of aromatic amines is 1. The molecule has 3 N–H and O–H groups in total. The molecule has 0 saturated carbocycles. The van der Waals surface area contributed by atoms with Crippen molar-refractivity contribution in [2.45, 2.75) is 33.1 Å². The van der Waals surface area contributed by atoms with E-state index in [1.165, 1.54) is 28.3 Å².